The van der Waals surface area contributed by atoms with E-state index in [2.05, 4.69) is 5.32 Å². The number of benzene rings is 2. The van der Waals surface area contributed by atoms with E-state index in [0.29, 0.717) is 11.3 Å². The zero-order valence-electron chi connectivity index (χ0n) is 17.8. The number of hydrogen-bond acceptors (Lipinski definition) is 5. The Morgan fingerprint density at radius 2 is 1.82 bits per heavy atom. The van der Waals surface area contributed by atoms with E-state index in [1.807, 2.05) is 0 Å². The third kappa shape index (κ3) is 4.60. The molecule has 11 heteroatoms. The molecular formula is C23H18F3N3O4S. The van der Waals surface area contributed by atoms with Gasteiger partial charge in [-0.1, -0.05) is 24.3 Å². The van der Waals surface area contributed by atoms with Crippen molar-refractivity contribution in [2.75, 3.05) is 12.4 Å². The van der Waals surface area contributed by atoms with Gasteiger partial charge in [0.2, 0.25) is 5.91 Å². The number of nitrogens with one attached hydrogen (secondary N) is 1. The number of anilines is 1. The van der Waals surface area contributed by atoms with Crippen LogP contribution in [0.4, 0.5) is 18.9 Å². The maximum atomic E-state index is 13.3. The number of thiophene rings is 1. The number of carbonyl (C=O) groups excluding carboxylic acids is 1. The number of halogens is 3. The molecule has 4 rings (SSSR count). The lowest BCUT2D eigenvalue weighted by Crippen LogP contribution is -2.41. The van der Waals surface area contributed by atoms with Crippen molar-refractivity contribution in [2.45, 2.75) is 19.3 Å². The monoisotopic (exact) mass is 489 g/mol. The van der Waals surface area contributed by atoms with E-state index in [4.69, 9.17) is 4.74 Å². The number of rotatable bonds is 6. The first-order chi connectivity index (χ1) is 16.2. The second kappa shape index (κ2) is 9.18. The molecule has 2 aromatic heterocycles. The quantitative estimate of drug-likeness (QED) is 0.445. The molecule has 2 aromatic carbocycles. The van der Waals surface area contributed by atoms with Gasteiger partial charge in [0.15, 0.2) is 0 Å². The van der Waals surface area contributed by atoms with Crippen LogP contribution in [0, 0.1) is 0 Å². The van der Waals surface area contributed by atoms with Crippen molar-refractivity contribution in [1.29, 1.82) is 0 Å². The fourth-order valence-corrected chi connectivity index (χ4v) is 4.39. The molecule has 0 aliphatic rings. The van der Waals surface area contributed by atoms with Gasteiger partial charge in [0.05, 0.1) is 30.4 Å². The van der Waals surface area contributed by atoms with Gasteiger partial charge in [-0.2, -0.15) is 13.2 Å². The van der Waals surface area contributed by atoms with Crippen LogP contribution in [0.5, 0.6) is 5.75 Å². The summed E-state index contributed by atoms with van der Waals surface area (Å²) in [6, 6.07) is 12.9. The zero-order chi connectivity index (χ0) is 24.5. The average Bonchev–Trinajstić information content (AvgIpc) is 3.29. The minimum Gasteiger partial charge on any atom is -0.497 e. The molecule has 1 amide bonds. The Kier molecular flexibility index (Phi) is 6.29. The molecule has 0 aliphatic carbocycles. The number of para-hydroxylation sites is 1. The number of methoxy groups -OCH3 is 1. The average molecular weight is 489 g/mol. The fraction of sp³-hybridized carbons (Fsp3) is 0.174. The molecule has 4 aromatic rings. The molecular weight excluding hydrogens is 471 g/mol. The number of ether oxygens (including phenoxy) is 1. The second-order valence-corrected chi connectivity index (χ2v) is 8.25. The lowest BCUT2D eigenvalue weighted by atomic mass is 10.1. The van der Waals surface area contributed by atoms with Gasteiger partial charge in [0.25, 0.3) is 5.56 Å². The molecule has 0 aliphatic heterocycles. The van der Waals surface area contributed by atoms with Crippen LogP contribution in [0.25, 0.3) is 10.2 Å². The van der Waals surface area contributed by atoms with Crippen molar-refractivity contribution >= 4 is 33.1 Å². The van der Waals surface area contributed by atoms with Crippen molar-refractivity contribution in [3.05, 3.63) is 91.9 Å². The molecule has 0 atom stereocenters. The summed E-state index contributed by atoms with van der Waals surface area (Å²) in [5.41, 5.74) is -1.82. The van der Waals surface area contributed by atoms with Crippen LogP contribution in [-0.4, -0.2) is 22.2 Å². The Hall–Kier alpha value is -3.86. The first kappa shape index (κ1) is 23.3. The number of amides is 1. The van der Waals surface area contributed by atoms with E-state index in [0.717, 1.165) is 32.6 Å². The molecule has 176 valence electrons. The van der Waals surface area contributed by atoms with Gasteiger partial charge >= 0.3 is 11.9 Å². The largest absolute Gasteiger partial charge is 0.497 e. The normalized spacial score (nSPS) is 11.5. The first-order valence-corrected chi connectivity index (χ1v) is 10.9. The summed E-state index contributed by atoms with van der Waals surface area (Å²) in [5.74, 6) is -0.288. The summed E-state index contributed by atoms with van der Waals surface area (Å²) in [6.07, 6.45) is -4.66. The van der Waals surface area contributed by atoms with Crippen LogP contribution in [-0.2, 0) is 24.1 Å². The molecule has 0 saturated carbocycles. The number of aromatic nitrogens is 2. The Labute approximate surface area is 194 Å². The molecule has 0 fully saturated rings. The third-order valence-corrected chi connectivity index (χ3v) is 6.01. The van der Waals surface area contributed by atoms with E-state index in [9.17, 15) is 27.6 Å². The highest BCUT2D eigenvalue weighted by Crippen LogP contribution is 2.34. The molecule has 1 N–H and O–H groups in total. The third-order valence-electron chi connectivity index (χ3n) is 5.12. The highest BCUT2D eigenvalue weighted by molar-refractivity contribution is 7.17. The Morgan fingerprint density at radius 1 is 1.06 bits per heavy atom. The van der Waals surface area contributed by atoms with Crippen molar-refractivity contribution in [3.8, 4) is 5.75 Å². The summed E-state index contributed by atoms with van der Waals surface area (Å²) in [4.78, 5) is 38.8. The van der Waals surface area contributed by atoms with Gasteiger partial charge in [-0.05, 0) is 41.3 Å². The van der Waals surface area contributed by atoms with Crippen LogP contribution in [0.2, 0.25) is 0 Å². The van der Waals surface area contributed by atoms with Crippen molar-refractivity contribution in [3.63, 3.8) is 0 Å². The van der Waals surface area contributed by atoms with E-state index in [1.165, 1.54) is 25.3 Å². The number of hydrogen-bond donors (Lipinski definition) is 1. The number of nitrogens with zero attached hydrogens (tertiary/aromatic N) is 2. The van der Waals surface area contributed by atoms with Crippen molar-refractivity contribution in [1.82, 2.24) is 9.13 Å². The van der Waals surface area contributed by atoms with Crippen LogP contribution in [0.3, 0.4) is 0 Å². The van der Waals surface area contributed by atoms with Gasteiger partial charge in [-0.3, -0.25) is 18.7 Å². The highest BCUT2D eigenvalue weighted by atomic mass is 32.1. The number of fused-ring (bicyclic) bond motifs is 1. The molecule has 7 nitrogen and oxygen atoms in total. The lowest BCUT2D eigenvalue weighted by molar-refractivity contribution is -0.137. The number of alkyl halides is 3. The molecule has 0 saturated heterocycles. The van der Waals surface area contributed by atoms with Gasteiger partial charge in [0, 0.05) is 0 Å². The molecule has 0 spiro atoms. The fourth-order valence-electron chi connectivity index (χ4n) is 3.55. The smallest absolute Gasteiger partial charge is 0.418 e. The van der Waals surface area contributed by atoms with Gasteiger partial charge in [-0.25, -0.2) is 4.79 Å². The molecule has 0 unspecified atom stereocenters. The van der Waals surface area contributed by atoms with Crippen LogP contribution < -0.4 is 21.3 Å². The zero-order valence-corrected chi connectivity index (χ0v) is 18.6. The lowest BCUT2D eigenvalue weighted by Gasteiger charge is -2.15. The highest BCUT2D eigenvalue weighted by Gasteiger charge is 2.33. The van der Waals surface area contributed by atoms with Gasteiger partial charge in [-0.15, -0.1) is 11.3 Å². The molecule has 0 bridgehead atoms. The first-order valence-electron chi connectivity index (χ1n) is 9.99. The predicted molar refractivity (Wildman–Crippen MR) is 123 cm³/mol. The Bertz CT molecular complexity index is 1490. The second-order valence-electron chi connectivity index (χ2n) is 7.34. The van der Waals surface area contributed by atoms with Gasteiger partial charge < -0.3 is 10.1 Å². The minimum absolute atomic E-state index is 0.0682. The van der Waals surface area contributed by atoms with Crippen molar-refractivity contribution < 1.29 is 22.7 Å². The summed E-state index contributed by atoms with van der Waals surface area (Å²) < 4.78 is 47.3. The molecule has 34 heavy (non-hydrogen) atoms. The summed E-state index contributed by atoms with van der Waals surface area (Å²) >= 11 is 1.11. The van der Waals surface area contributed by atoms with Crippen LogP contribution >= 0.6 is 11.3 Å². The van der Waals surface area contributed by atoms with Crippen molar-refractivity contribution in [2.24, 2.45) is 0 Å². The summed E-state index contributed by atoms with van der Waals surface area (Å²) in [6.45, 7) is -0.641. The predicted octanol–water partition coefficient (Wildman–Crippen LogP) is 3.94. The summed E-state index contributed by atoms with van der Waals surface area (Å²) in [5, 5.41) is 3.84. The van der Waals surface area contributed by atoms with E-state index < -0.39 is 41.1 Å². The number of carbonyl (C=O) groups is 1. The van der Waals surface area contributed by atoms with E-state index in [1.54, 1.807) is 29.6 Å². The van der Waals surface area contributed by atoms with E-state index in [-0.39, 0.29) is 16.8 Å². The Balaban J connectivity index is 1.71. The molecule has 0 radical (unpaired) electrons. The van der Waals surface area contributed by atoms with Crippen LogP contribution in [0.1, 0.15) is 11.1 Å². The topological polar surface area (TPSA) is 82.3 Å². The summed E-state index contributed by atoms with van der Waals surface area (Å²) in [7, 11) is 1.49. The van der Waals surface area contributed by atoms with Crippen LogP contribution in [0.15, 0.2) is 69.6 Å². The minimum atomic E-state index is -4.66. The van der Waals surface area contributed by atoms with E-state index >= 15 is 0 Å². The van der Waals surface area contributed by atoms with Gasteiger partial charge in [0.1, 0.15) is 17.0 Å². The maximum Gasteiger partial charge on any atom is 0.418 e. The molecule has 2 heterocycles. The Morgan fingerprint density at radius 3 is 2.56 bits per heavy atom. The maximum absolute atomic E-state index is 13.3. The standard InChI is InChI=1S/C23H18F3N3O4S/c1-33-15-6-4-5-14(11-15)12-29-21(31)20-18(9-10-34-20)28(22(29)32)13-19(30)27-17-8-3-2-7-16(17)23(24,25)26/h2-11H,12-13H2,1H3,(H,27,30). The SMILES string of the molecule is COc1cccc(Cn2c(=O)c3sccc3n(CC(=O)Nc3ccccc3C(F)(F)F)c2=O)c1.